The van der Waals surface area contributed by atoms with Gasteiger partial charge in [0.05, 0.1) is 22.3 Å². The third-order valence-electron chi connectivity index (χ3n) is 9.00. The van der Waals surface area contributed by atoms with Gasteiger partial charge < -0.3 is 29.5 Å². The number of nitrogens with zero attached hydrogens (tertiary/aromatic N) is 6. The molecular weight excluding hydrogens is 612 g/mol. The minimum atomic E-state index is -3.09. The number of aromatic nitrogens is 2. The fourth-order valence-corrected chi connectivity index (χ4v) is 6.21. The molecule has 3 aliphatic rings. The summed E-state index contributed by atoms with van der Waals surface area (Å²) < 4.78 is 38.2. The summed E-state index contributed by atoms with van der Waals surface area (Å²) in [6.45, 7) is 7.79. The smallest absolute Gasteiger partial charge is 0.410 e. The molecule has 2 aromatic carbocycles. The predicted octanol–water partition coefficient (Wildman–Crippen LogP) is 3.76. The molecule has 0 bridgehead atoms. The van der Waals surface area contributed by atoms with E-state index in [9.17, 15) is 23.2 Å². The van der Waals surface area contributed by atoms with Gasteiger partial charge in [-0.25, -0.2) is 9.78 Å². The summed E-state index contributed by atoms with van der Waals surface area (Å²) in [6.07, 6.45) is 2.41. The molecular formula is C33H41F2N7O5. The van der Waals surface area contributed by atoms with Crippen molar-refractivity contribution < 1.29 is 27.8 Å². The van der Waals surface area contributed by atoms with Crippen molar-refractivity contribution in [3.63, 3.8) is 0 Å². The number of amides is 2. The maximum atomic E-state index is 13.6. The fraction of sp³-hybridized carbons (Fsp3) is 0.515. The summed E-state index contributed by atoms with van der Waals surface area (Å²) in [5, 5.41) is 3.20. The molecule has 252 valence electrons. The molecule has 1 saturated carbocycles. The van der Waals surface area contributed by atoms with Gasteiger partial charge in [-0.1, -0.05) is 0 Å². The fourth-order valence-electron chi connectivity index (χ4n) is 6.21. The van der Waals surface area contributed by atoms with E-state index in [1.807, 2.05) is 40.0 Å². The minimum Gasteiger partial charge on any atom is -0.444 e. The van der Waals surface area contributed by atoms with Gasteiger partial charge in [0.15, 0.2) is 0 Å². The first-order valence-electron chi connectivity index (χ1n) is 15.9. The van der Waals surface area contributed by atoms with Crippen molar-refractivity contribution in [2.24, 2.45) is 0 Å². The summed E-state index contributed by atoms with van der Waals surface area (Å²) in [5.74, 6) is -0.466. The normalized spacial score (nSPS) is 18.8. The third kappa shape index (κ3) is 7.03. The molecule has 47 heavy (non-hydrogen) atoms. The number of carbonyl (C=O) groups excluding carboxylic acids is 2. The number of rotatable bonds is 7. The van der Waals surface area contributed by atoms with E-state index in [0.717, 1.165) is 31.9 Å². The molecule has 3 aromatic rings. The number of alkyl halides is 2. The van der Waals surface area contributed by atoms with E-state index in [1.54, 1.807) is 11.0 Å². The van der Waals surface area contributed by atoms with Crippen molar-refractivity contribution in [2.45, 2.75) is 51.4 Å². The van der Waals surface area contributed by atoms with Crippen molar-refractivity contribution in [3.8, 4) is 11.4 Å². The van der Waals surface area contributed by atoms with E-state index in [0.29, 0.717) is 55.6 Å². The van der Waals surface area contributed by atoms with Gasteiger partial charge in [-0.2, -0.15) is 8.78 Å². The van der Waals surface area contributed by atoms with Crippen molar-refractivity contribution in [2.75, 3.05) is 69.6 Å². The Balaban J connectivity index is 1.21. The lowest BCUT2D eigenvalue weighted by Crippen LogP contribution is -2.54. The second-order valence-electron chi connectivity index (χ2n) is 13.4. The topological polar surface area (TPSA) is 112 Å². The van der Waals surface area contributed by atoms with Crippen molar-refractivity contribution in [1.82, 2.24) is 24.3 Å². The van der Waals surface area contributed by atoms with Crippen LogP contribution in [0.1, 0.15) is 33.6 Å². The molecule has 0 spiro atoms. The second-order valence-corrected chi connectivity index (χ2v) is 13.4. The van der Waals surface area contributed by atoms with Crippen molar-refractivity contribution >= 4 is 34.3 Å². The molecule has 2 aliphatic heterocycles. The van der Waals surface area contributed by atoms with Gasteiger partial charge in [-0.05, 0) is 77.1 Å². The molecule has 2 amide bonds. The third-order valence-corrected chi connectivity index (χ3v) is 9.00. The first-order valence-corrected chi connectivity index (χ1v) is 15.9. The SMILES string of the molecule is CN1CCN(C2(C(=O)Nc3cc(-n4cnc5cc(N6CCN(C(=O)OC(C)(C)C)CC6)ccc5c4=O)ccc3OC(F)F)CC2)CC1. The van der Waals surface area contributed by atoms with Crippen LogP contribution in [0, 0.1) is 0 Å². The lowest BCUT2D eigenvalue weighted by Gasteiger charge is -2.37. The van der Waals surface area contributed by atoms with Crippen LogP contribution < -0.4 is 20.5 Å². The number of hydrogen-bond donors (Lipinski definition) is 1. The molecule has 12 nitrogen and oxygen atoms in total. The van der Waals surface area contributed by atoms with E-state index >= 15 is 0 Å². The standard InChI is InChI=1S/C33H41F2N7O5/c1-32(2,3)47-31(45)40-15-13-39(14-16-40)22-5-7-24-25(19-22)36-21-42(28(24)43)23-6-8-27(46-30(34)35)26(20-23)37-29(44)33(9-10-33)41-17-11-38(4)12-18-41/h5-8,19-21,30H,9-18H2,1-4H3,(H,37,44). The van der Waals surface area contributed by atoms with Crippen LogP contribution >= 0.6 is 0 Å². The summed E-state index contributed by atoms with van der Waals surface area (Å²) in [6, 6.07) is 9.65. The molecule has 0 unspecified atom stereocenters. The van der Waals surface area contributed by atoms with Crippen LogP contribution in [0.3, 0.4) is 0 Å². The highest BCUT2D eigenvalue weighted by atomic mass is 19.3. The molecule has 1 aromatic heterocycles. The Morgan fingerprint density at radius 1 is 0.936 bits per heavy atom. The zero-order valence-corrected chi connectivity index (χ0v) is 27.2. The van der Waals surface area contributed by atoms with Crippen molar-refractivity contribution in [1.29, 1.82) is 0 Å². The number of ether oxygens (including phenoxy) is 2. The number of fused-ring (bicyclic) bond motifs is 1. The van der Waals surface area contributed by atoms with Gasteiger partial charge in [0.25, 0.3) is 5.56 Å². The zero-order valence-electron chi connectivity index (χ0n) is 27.2. The number of likely N-dealkylation sites (N-methyl/N-ethyl adjacent to an activating group) is 1. The quantitative estimate of drug-likeness (QED) is 0.408. The molecule has 6 rings (SSSR count). The van der Waals surface area contributed by atoms with Crippen LogP contribution in [0.15, 0.2) is 47.5 Å². The summed E-state index contributed by atoms with van der Waals surface area (Å²) >= 11 is 0. The number of hydrogen-bond acceptors (Lipinski definition) is 9. The molecule has 1 aliphatic carbocycles. The minimum absolute atomic E-state index is 0.0565. The van der Waals surface area contributed by atoms with Crippen LogP contribution in [0.25, 0.3) is 16.6 Å². The maximum absolute atomic E-state index is 13.6. The number of piperazine rings is 2. The zero-order chi connectivity index (χ0) is 33.5. The van der Waals surface area contributed by atoms with Gasteiger partial charge in [0, 0.05) is 58.0 Å². The molecule has 2 saturated heterocycles. The molecule has 0 radical (unpaired) electrons. The van der Waals surface area contributed by atoms with E-state index in [-0.39, 0.29) is 29.0 Å². The lowest BCUT2D eigenvalue weighted by molar-refractivity contribution is -0.123. The number of benzene rings is 2. The lowest BCUT2D eigenvalue weighted by atomic mass is 10.1. The Morgan fingerprint density at radius 2 is 1.62 bits per heavy atom. The average molecular weight is 654 g/mol. The van der Waals surface area contributed by atoms with Crippen LogP contribution in [0.4, 0.5) is 25.0 Å². The van der Waals surface area contributed by atoms with E-state index in [1.165, 1.54) is 29.1 Å². The van der Waals surface area contributed by atoms with Crippen LogP contribution in [-0.2, 0) is 9.53 Å². The Hall–Kier alpha value is -4.30. The van der Waals surface area contributed by atoms with Gasteiger partial charge in [0.2, 0.25) is 5.91 Å². The summed E-state index contributed by atoms with van der Waals surface area (Å²) in [7, 11) is 2.04. The van der Waals surface area contributed by atoms with Crippen LogP contribution in [-0.4, -0.2) is 113 Å². The van der Waals surface area contributed by atoms with Gasteiger partial charge in [0.1, 0.15) is 23.2 Å². The van der Waals surface area contributed by atoms with Crippen molar-refractivity contribution in [3.05, 3.63) is 53.1 Å². The Kier molecular flexibility index (Phi) is 8.83. The second kappa shape index (κ2) is 12.7. The van der Waals surface area contributed by atoms with Gasteiger partial charge >= 0.3 is 12.7 Å². The molecule has 3 fully saturated rings. The predicted molar refractivity (Wildman–Crippen MR) is 174 cm³/mol. The summed E-state index contributed by atoms with van der Waals surface area (Å²) in [5.41, 5.74) is 0.167. The number of halogens is 2. The first-order chi connectivity index (χ1) is 22.3. The average Bonchev–Trinajstić information content (AvgIpc) is 3.84. The van der Waals surface area contributed by atoms with Crippen LogP contribution in [0.2, 0.25) is 0 Å². The Bertz CT molecular complexity index is 1710. The Morgan fingerprint density at radius 3 is 2.26 bits per heavy atom. The molecule has 14 heteroatoms. The van der Waals surface area contributed by atoms with Gasteiger partial charge in [-0.3, -0.25) is 19.1 Å². The van der Waals surface area contributed by atoms with E-state index < -0.39 is 17.8 Å². The van der Waals surface area contributed by atoms with E-state index in [2.05, 4.69) is 25.0 Å². The largest absolute Gasteiger partial charge is 0.444 e. The molecule has 0 atom stereocenters. The number of nitrogens with one attached hydrogen (secondary N) is 1. The number of carbonyl (C=O) groups is 2. The monoisotopic (exact) mass is 653 g/mol. The van der Waals surface area contributed by atoms with Gasteiger partial charge in [-0.15, -0.1) is 0 Å². The van der Waals surface area contributed by atoms with Crippen LogP contribution in [0.5, 0.6) is 5.75 Å². The summed E-state index contributed by atoms with van der Waals surface area (Å²) in [4.78, 5) is 52.4. The first kappa shape index (κ1) is 32.6. The Labute approximate surface area is 271 Å². The highest BCUT2D eigenvalue weighted by Gasteiger charge is 2.54. The number of anilines is 2. The molecule has 3 heterocycles. The molecule has 1 N–H and O–H groups in total. The maximum Gasteiger partial charge on any atom is 0.410 e. The van der Waals surface area contributed by atoms with E-state index in [4.69, 9.17) is 9.47 Å². The highest BCUT2D eigenvalue weighted by Crippen LogP contribution is 2.44. The highest BCUT2D eigenvalue weighted by molar-refractivity contribution is 6.01.